The molecular formula is C16H25N3O3. The summed E-state index contributed by atoms with van der Waals surface area (Å²) in [6.45, 7) is 3.39. The molecular weight excluding hydrogens is 282 g/mol. The van der Waals surface area contributed by atoms with Gasteiger partial charge in [0.2, 0.25) is 5.91 Å². The van der Waals surface area contributed by atoms with Crippen molar-refractivity contribution < 1.29 is 14.4 Å². The topological polar surface area (TPSA) is 69.7 Å². The Balaban J connectivity index is 1.70. The quantitative estimate of drug-likeness (QED) is 0.786. The summed E-state index contributed by atoms with van der Waals surface area (Å²) in [6.07, 6.45) is 6.84. The Hall–Kier alpha value is -1.59. The number of carbonyl (C=O) groups is 3. The van der Waals surface area contributed by atoms with Gasteiger partial charge in [0.25, 0.3) is 5.91 Å². The van der Waals surface area contributed by atoms with Crippen LogP contribution in [0.5, 0.6) is 0 Å². The first-order valence-corrected chi connectivity index (χ1v) is 8.46. The molecule has 0 bridgehead atoms. The highest BCUT2D eigenvalue weighted by Crippen LogP contribution is 2.38. The standard InChI is InChI=1S/C16H25N3O3/c1-12-7-3-4-8-16(12)14(21)19(15(22)17-16)11-13(20)18-9-5-2-6-10-18/h12H,2-11H2,1H3,(H,17,22). The van der Waals surface area contributed by atoms with E-state index in [1.807, 2.05) is 6.92 Å². The number of hydrogen-bond donors (Lipinski definition) is 1. The van der Waals surface area contributed by atoms with Gasteiger partial charge in [-0.25, -0.2) is 4.79 Å². The lowest BCUT2D eigenvalue weighted by atomic mass is 9.73. The average Bonchev–Trinajstić information content (AvgIpc) is 2.76. The molecule has 122 valence electrons. The van der Waals surface area contributed by atoms with Crippen LogP contribution in [0.4, 0.5) is 4.79 Å². The van der Waals surface area contributed by atoms with Gasteiger partial charge in [0.15, 0.2) is 0 Å². The van der Waals surface area contributed by atoms with Crippen LogP contribution in [-0.2, 0) is 9.59 Å². The molecule has 6 heteroatoms. The van der Waals surface area contributed by atoms with Crippen molar-refractivity contribution in [3.8, 4) is 0 Å². The van der Waals surface area contributed by atoms with Gasteiger partial charge < -0.3 is 10.2 Å². The molecule has 1 spiro atoms. The zero-order valence-electron chi connectivity index (χ0n) is 13.3. The Bertz CT molecular complexity index is 487. The third-order valence-electron chi connectivity index (χ3n) is 5.50. The highest BCUT2D eigenvalue weighted by atomic mass is 16.2. The fourth-order valence-electron chi connectivity index (χ4n) is 4.02. The van der Waals surface area contributed by atoms with Gasteiger partial charge in [0.05, 0.1) is 0 Å². The number of amides is 4. The lowest BCUT2D eigenvalue weighted by Crippen LogP contribution is -2.54. The van der Waals surface area contributed by atoms with Crippen LogP contribution in [-0.4, -0.2) is 52.8 Å². The van der Waals surface area contributed by atoms with E-state index in [2.05, 4.69) is 5.32 Å². The summed E-state index contributed by atoms with van der Waals surface area (Å²) in [4.78, 5) is 40.3. The molecule has 0 aromatic rings. The van der Waals surface area contributed by atoms with E-state index in [9.17, 15) is 14.4 Å². The summed E-state index contributed by atoms with van der Waals surface area (Å²) < 4.78 is 0. The summed E-state index contributed by atoms with van der Waals surface area (Å²) in [6, 6.07) is -0.399. The van der Waals surface area contributed by atoms with Crippen molar-refractivity contribution in [3.63, 3.8) is 0 Å². The molecule has 22 heavy (non-hydrogen) atoms. The largest absolute Gasteiger partial charge is 0.341 e. The maximum Gasteiger partial charge on any atom is 0.325 e. The van der Waals surface area contributed by atoms with Crippen LogP contribution in [0.2, 0.25) is 0 Å². The zero-order valence-corrected chi connectivity index (χ0v) is 13.3. The van der Waals surface area contributed by atoms with Crippen molar-refractivity contribution in [3.05, 3.63) is 0 Å². The first-order chi connectivity index (χ1) is 10.5. The monoisotopic (exact) mass is 307 g/mol. The second-order valence-corrected chi connectivity index (χ2v) is 6.88. The summed E-state index contributed by atoms with van der Waals surface area (Å²) in [7, 11) is 0. The minimum atomic E-state index is -0.766. The van der Waals surface area contributed by atoms with Crippen LogP contribution >= 0.6 is 0 Å². The lowest BCUT2D eigenvalue weighted by molar-refractivity contribution is -0.141. The molecule has 4 amide bonds. The molecule has 0 aromatic heterocycles. The number of piperidine rings is 1. The van der Waals surface area contributed by atoms with Crippen LogP contribution < -0.4 is 5.32 Å². The number of carbonyl (C=O) groups excluding carboxylic acids is 3. The van der Waals surface area contributed by atoms with E-state index in [4.69, 9.17) is 0 Å². The number of imide groups is 1. The average molecular weight is 307 g/mol. The second-order valence-electron chi connectivity index (χ2n) is 6.88. The highest BCUT2D eigenvalue weighted by molar-refractivity contribution is 6.09. The fraction of sp³-hybridized carbons (Fsp3) is 0.812. The van der Waals surface area contributed by atoms with Gasteiger partial charge in [0, 0.05) is 13.1 Å². The van der Waals surface area contributed by atoms with Crippen LogP contribution in [0.3, 0.4) is 0 Å². The van der Waals surface area contributed by atoms with Crippen molar-refractivity contribution in [1.82, 2.24) is 15.1 Å². The Morgan fingerprint density at radius 1 is 1.18 bits per heavy atom. The molecule has 0 radical (unpaired) electrons. The molecule has 3 fully saturated rings. The van der Waals surface area contributed by atoms with E-state index in [-0.39, 0.29) is 24.3 Å². The van der Waals surface area contributed by atoms with E-state index in [0.717, 1.165) is 56.5 Å². The predicted octanol–water partition coefficient (Wildman–Crippen LogP) is 1.50. The molecule has 1 aliphatic carbocycles. The highest BCUT2D eigenvalue weighted by Gasteiger charge is 2.55. The van der Waals surface area contributed by atoms with Crippen molar-refractivity contribution in [2.45, 2.75) is 57.4 Å². The zero-order chi connectivity index (χ0) is 15.7. The predicted molar refractivity (Wildman–Crippen MR) is 81.0 cm³/mol. The number of likely N-dealkylation sites (tertiary alicyclic amines) is 1. The number of nitrogens with one attached hydrogen (secondary N) is 1. The Labute approximate surface area is 131 Å². The lowest BCUT2D eigenvalue weighted by Gasteiger charge is -2.37. The minimum Gasteiger partial charge on any atom is -0.341 e. The van der Waals surface area contributed by atoms with Gasteiger partial charge in [-0.15, -0.1) is 0 Å². The normalized spacial score (nSPS) is 32.5. The van der Waals surface area contributed by atoms with Crippen LogP contribution in [0.1, 0.15) is 51.9 Å². The molecule has 2 aliphatic heterocycles. The first-order valence-electron chi connectivity index (χ1n) is 8.46. The molecule has 3 aliphatic rings. The molecule has 0 aromatic carbocycles. The smallest absolute Gasteiger partial charge is 0.325 e. The molecule has 2 saturated heterocycles. The molecule has 1 saturated carbocycles. The van der Waals surface area contributed by atoms with Gasteiger partial charge >= 0.3 is 6.03 Å². The second kappa shape index (κ2) is 5.89. The van der Waals surface area contributed by atoms with Crippen LogP contribution in [0.15, 0.2) is 0 Å². The van der Waals surface area contributed by atoms with Gasteiger partial charge in [-0.05, 0) is 38.0 Å². The Kier molecular flexibility index (Phi) is 4.10. The van der Waals surface area contributed by atoms with E-state index >= 15 is 0 Å². The minimum absolute atomic E-state index is 0.108. The van der Waals surface area contributed by atoms with Gasteiger partial charge in [-0.2, -0.15) is 0 Å². The fourth-order valence-corrected chi connectivity index (χ4v) is 4.02. The number of nitrogens with zero attached hydrogens (tertiary/aromatic N) is 2. The molecule has 2 unspecified atom stereocenters. The summed E-state index contributed by atoms with van der Waals surface area (Å²) >= 11 is 0. The third-order valence-corrected chi connectivity index (χ3v) is 5.50. The number of urea groups is 1. The summed E-state index contributed by atoms with van der Waals surface area (Å²) in [5.74, 6) is -0.174. The molecule has 6 nitrogen and oxygen atoms in total. The van der Waals surface area contributed by atoms with Crippen molar-refractivity contribution in [1.29, 1.82) is 0 Å². The molecule has 2 heterocycles. The number of hydrogen-bond acceptors (Lipinski definition) is 3. The van der Waals surface area contributed by atoms with E-state index in [0.29, 0.717) is 6.42 Å². The maximum atomic E-state index is 12.8. The molecule has 3 rings (SSSR count). The van der Waals surface area contributed by atoms with Crippen LogP contribution in [0, 0.1) is 5.92 Å². The van der Waals surface area contributed by atoms with Crippen molar-refractivity contribution in [2.24, 2.45) is 5.92 Å². The van der Waals surface area contributed by atoms with Gasteiger partial charge in [-0.3, -0.25) is 14.5 Å². The molecule has 2 atom stereocenters. The van der Waals surface area contributed by atoms with Gasteiger partial charge in [-0.1, -0.05) is 19.8 Å². The van der Waals surface area contributed by atoms with Gasteiger partial charge in [0.1, 0.15) is 12.1 Å². The van der Waals surface area contributed by atoms with E-state index < -0.39 is 11.6 Å². The third kappa shape index (κ3) is 2.48. The maximum absolute atomic E-state index is 12.8. The number of rotatable bonds is 2. The van der Waals surface area contributed by atoms with Crippen LogP contribution in [0.25, 0.3) is 0 Å². The van der Waals surface area contributed by atoms with Crippen molar-refractivity contribution >= 4 is 17.8 Å². The first kappa shape index (κ1) is 15.3. The Morgan fingerprint density at radius 3 is 2.59 bits per heavy atom. The SMILES string of the molecule is CC1CCCCC12NC(=O)N(CC(=O)N1CCCCC1)C2=O. The summed E-state index contributed by atoms with van der Waals surface area (Å²) in [5, 5.41) is 2.89. The Morgan fingerprint density at radius 2 is 1.91 bits per heavy atom. The molecule has 1 N–H and O–H groups in total. The van der Waals surface area contributed by atoms with Crippen molar-refractivity contribution in [2.75, 3.05) is 19.6 Å². The van der Waals surface area contributed by atoms with E-state index in [1.165, 1.54) is 0 Å². The van der Waals surface area contributed by atoms with E-state index in [1.54, 1.807) is 4.90 Å². The summed E-state index contributed by atoms with van der Waals surface area (Å²) in [5.41, 5.74) is -0.766.